The lowest BCUT2D eigenvalue weighted by atomic mass is 10.2. The zero-order chi connectivity index (χ0) is 14.8. The Balaban J connectivity index is 0.000000204. The Bertz CT molecular complexity index is 525. The molecule has 2 aromatic rings. The third-order valence-corrected chi connectivity index (χ3v) is 3.01. The number of primary amides is 1. The largest absolute Gasteiger partial charge is 0.481 e. The SMILES string of the molecule is NC(=O)OCc1ccccc1.O=C(O)Cc1cccs1. The number of aliphatic carboxylic acids is 1. The summed E-state index contributed by atoms with van der Waals surface area (Å²) in [6.07, 6.45) is -0.591. The van der Waals surface area contributed by atoms with Crippen molar-refractivity contribution in [2.75, 3.05) is 0 Å². The molecule has 0 aliphatic rings. The predicted molar refractivity (Wildman–Crippen MR) is 76.5 cm³/mol. The highest BCUT2D eigenvalue weighted by atomic mass is 32.1. The number of hydrogen-bond donors (Lipinski definition) is 2. The summed E-state index contributed by atoms with van der Waals surface area (Å²) in [6, 6.07) is 13.0. The van der Waals surface area contributed by atoms with Gasteiger partial charge in [-0.1, -0.05) is 36.4 Å². The summed E-state index contributed by atoms with van der Waals surface area (Å²) in [4.78, 5) is 21.2. The molecular formula is C14H15NO4S. The van der Waals surface area contributed by atoms with Crippen molar-refractivity contribution in [3.63, 3.8) is 0 Å². The molecule has 0 unspecified atom stereocenters. The first-order valence-corrected chi connectivity index (χ1v) is 6.66. The van der Waals surface area contributed by atoms with Gasteiger partial charge in [-0.2, -0.15) is 0 Å². The van der Waals surface area contributed by atoms with Gasteiger partial charge in [0.05, 0.1) is 6.42 Å². The Morgan fingerprint density at radius 2 is 1.85 bits per heavy atom. The lowest BCUT2D eigenvalue weighted by molar-refractivity contribution is -0.136. The molecule has 0 fully saturated rings. The minimum Gasteiger partial charge on any atom is -0.481 e. The van der Waals surface area contributed by atoms with Crippen LogP contribution in [0, 0.1) is 0 Å². The highest BCUT2D eigenvalue weighted by molar-refractivity contribution is 7.10. The van der Waals surface area contributed by atoms with E-state index in [0.29, 0.717) is 0 Å². The molecule has 0 spiro atoms. The molecule has 1 aromatic heterocycles. The average molecular weight is 293 g/mol. The van der Waals surface area contributed by atoms with Gasteiger partial charge < -0.3 is 15.6 Å². The number of ether oxygens (including phenoxy) is 1. The molecule has 0 aliphatic heterocycles. The molecule has 3 N–H and O–H groups in total. The first-order chi connectivity index (χ1) is 9.58. The van der Waals surface area contributed by atoms with Crippen LogP contribution in [-0.4, -0.2) is 17.2 Å². The van der Waals surface area contributed by atoms with Crippen molar-refractivity contribution < 1.29 is 19.4 Å². The standard InChI is InChI=1S/C8H9NO2.C6H6O2S/c9-8(10)11-6-7-4-2-1-3-5-7;7-6(8)4-5-2-1-3-9-5/h1-5H,6H2,(H2,9,10);1-3H,4H2,(H,7,8). The second-order valence-electron chi connectivity index (χ2n) is 3.74. The fraction of sp³-hybridized carbons (Fsp3) is 0.143. The zero-order valence-electron chi connectivity index (χ0n) is 10.7. The van der Waals surface area contributed by atoms with E-state index in [9.17, 15) is 9.59 Å². The van der Waals surface area contributed by atoms with Gasteiger partial charge in [-0.25, -0.2) is 4.79 Å². The number of amides is 1. The van der Waals surface area contributed by atoms with Crippen LogP contribution in [0.25, 0.3) is 0 Å². The summed E-state index contributed by atoms with van der Waals surface area (Å²) in [5.74, 6) is -0.766. The van der Waals surface area contributed by atoms with Crippen molar-refractivity contribution in [2.24, 2.45) is 5.73 Å². The van der Waals surface area contributed by atoms with E-state index < -0.39 is 12.1 Å². The quantitative estimate of drug-likeness (QED) is 0.906. The minimum absolute atomic E-state index is 0.150. The van der Waals surface area contributed by atoms with E-state index in [4.69, 9.17) is 10.8 Å². The first kappa shape index (κ1) is 15.7. The Labute approximate surface area is 120 Å². The average Bonchev–Trinajstić information content (AvgIpc) is 2.90. The van der Waals surface area contributed by atoms with E-state index >= 15 is 0 Å². The van der Waals surface area contributed by atoms with Crippen LogP contribution >= 0.6 is 11.3 Å². The van der Waals surface area contributed by atoms with Crippen molar-refractivity contribution in [2.45, 2.75) is 13.0 Å². The minimum atomic E-state index is -0.766. The van der Waals surface area contributed by atoms with Crippen molar-refractivity contribution in [3.05, 3.63) is 58.3 Å². The molecule has 2 rings (SSSR count). The van der Waals surface area contributed by atoms with Crippen molar-refractivity contribution in [1.82, 2.24) is 0 Å². The van der Waals surface area contributed by atoms with Gasteiger partial charge >= 0.3 is 12.1 Å². The highest BCUT2D eigenvalue weighted by Gasteiger charge is 1.98. The maximum Gasteiger partial charge on any atom is 0.404 e. The zero-order valence-corrected chi connectivity index (χ0v) is 11.5. The number of carbonyl (C=O) groups is 2. The van der Waals surface area contributed by atoms with E-state index in [1.807, 2.05) is 47.8 Å². The monoisotopic (exact) mass is 293 g/mol. The Kier molecular flexibility index (Phi) is 6.84. The predicted octanol–water partition coefficient (Wildman–Crippen LogP) is 2.66. The topological polar surface area (TPSA) is 89.6 Å². The highest BCUT2D eigenvalue weighted by Crippen LogP contribution is 2.08. The van der Waals surface area contributed by atoms with E-state index in [-0.39, 0.29) is 13.0 Å². The van der Waals surface area contributed by atoms with Gasteiger partial charge in [0.1, 0.15) is 6.61 Å². The summed E-state index contributed by atoms with van der Waals surface area (Å²) < 4.78 is 4.57. The molecule has 0 saturated heterocycles. The van der Waals surface area contributed by atoms with Crippen LogP contribution < -0.4 is 5.73 Å². The molecule has 0 aliphatic carbocycles. The maximum absolute atomic E-state index is 10.2. The Hall–Kier alpha value is -2.34. The summed E-state index contributed by atoms with van der Waals surface area (Å²) in [7, 11) is 0. The van der Waals surface area contributed by atoms with Gasteiger partial charge in [0.15, 0.2) is 0 Å². The third-order valence-electron chi connectivity index (χ3n) is 2.13. The van der Waals surface area contributed by atoms with Crippen LogP contribution in [0.3, 0.4) is 0 Å². The normalized spacial score (nSPS) is 9.20. The van der Waals surface area contributed by atoms with Crippen molar-refractivity contribution >= 4 is 23.4 Å². The second-order valence-corrected chi connectivity index (χ2v) is 4.78. The molecule has 5 nitrogen and oxygen atoms in total. The third kappa shape index (κ3) is 7.17. The van der Waals surface area contributed by atoms with Gasteiger partial charge in [0, 0.05) is 4.88 Å². The van der Waals surface area contributed by atoms with Crippen LogP contribution in [0.1, 0.15) is 10.4 Å². The number of hydrogen-bond acceptors (Lipinski definition) is 4. The summed E-state index contributed by atoms with van der Waals surface area (Å²) in [6.45, 7) is 0.246. The first-order valence-electron chi connectivity index (χ1n) is 5.78. The molecule has 106 valence electrons. The summed E-state index contributed by atoms with van der Waals surface area (Å²) in [5.41, 5.74) is 5.72. The molecule has 1 heterocycles. The fourth-order valence-corrected chi connectivity index (χ4v) is 1.99. The number of benzene rings is 1. The van der Waals surface area contributed by atoms with Crippen LogP contribution in [-0.2, 0) is 22.6 Å². The lowest BCUT2D eigenvalue weighted by Gasteiger charge is -1.99. The van der Waals surface area contributed by atoms with Crippen LogP contribution in [0.15, 0.2) is 47.8 Å². The lowest BCUT2D eigenvalue weighted by Crippen LogP contribution is -2.12. The summed E-state index contributed by atoms with van der Waals surface area (Å²) >= 11 is 1.47. The van der Waals surface area contributed by atoms with Crippen molar-refractivity contribution in [1.29, 1.82) is 0 Å². The maximum atomic E-state index is 10.2. The van der Waals surface area contributed by atoms with Gasteiger partial charge in [-0.15, -0.1) is 11.3 Å². The molecule has 1 amide bonds. The molecule has 20 heavy (non-hydrogen) atoms. The molecule has 6 heteroatoms. The molecule has 0 saturated carbocycles. The molecule has 0 bridgehead atoms. The van der Waals surface area contributed by atoms with Gasteiger partial charge in [-0.05, 0) is 17.0 Å². The number of nitrogens with two attached hydrogens (primary N) is 1. The second kappa shape index (κ2) is 8.71. The van der Waals surface area contributed by atoms with Gasteiger partial charge in [0.2, 0.25) is 0 Å². The van der Waals surface area contributed by atoms with E-state index in [1.165, 1.54) is 11.3 Å². The number of rotatable bonds is 4. The van der Waals surface area contributed by atoms with E-state index in [1.54, 1.807) is 0 Å². The molecule has 1 aromatic carbocycles. The van der Waals surface area contributed by atoms with E-state index in [0.717, 1.165) is 10.4 Å². The summed E-state index contributed by atoms with van der Waals surface area (Å²) in [5, 5.41) is 10.2. The van der Waals surface area contributed by atoms with E-state index in [2.05, 4.69) is 4.74 Å². The van der Waals surface area contributed by atoms with Crippen LogP contribution in [0.4, 0.5) is 4.79 Å². The van der Waals surface area contributed by atoms with Crippen LogP contribution in [0.2, 0.25) is 0 Å². The molecular weight excluding hydrogens is 278 g/mol. The molecule has 0 atom stereocenters. The number of carboxylic acid groups (broad SMARTS) is 1. The smallest absolute Gasteiger partial charge is 0.404 e. The van der Waals surface area contributed by atoms with Gasteiger partial charge in [0.25, 0.3) is 0 Å². The van der Waals surface area contributed by atoms with Crippen LogP contribution in [0.5, 0.6) is 0 Å². The van der Waals surface area contributed by atoms with Crippen molar-refractivity contribution in [3.8, 4) is 0 Å². The fourth-order valence-electron chi connectivity index (χ4n) is 1.29. The number of carbonyl (C=O) groups excluding carboxylic acids is 1. The Morgan fingerprint density at radius 1 is 1.15 bits per heavy atom. The Morgan fingerprint density at radius 3 is 2.35 bits per heavy atom. The molecule has 0 radical (unpaired) electrons. The number of thiophene rings is 1. The van der Waals surface area contributed by atoms with Gasteiger partial charge in [-0.3, -0.25) is 4.79 Å². The number of carboxylic acids is 1.